The molecule has 98 valence electrons. The van der Waals surface area contributed by atoms with Crippen molar-refractivity contribution in [3.63, 3.8) is 0 Å². The molecule has 6 N–H and O–H groups in total. The number of nitrogens with zero attached hydrogens (tertiary/aromatic N) is 2. The Bertz CT molecular complexity index is 275. The van der Waals surface area contributed by atoms with E-state index in [0.717, 1.165) is 0 Å². The molecule has 0 amide bonds. The Kier molecular flexibility index (Phi) is 5.41. The number of rotatable bonds is 1. The number of nitrogens with two attached hydrogens (primary N) is 1. The molecule has 2 rings (SSSR count). The number of ether oxygens (including phenoxy) is 1. The SMILES string of the molecule is N[C@H]1C(O)O[C@H](CO)[C@@H](O)[C@@H]1O.c1nnco1. The lowest BCUT2D eigenvalue weighted by Gasteiger charge is -2.38. The van der Waals surface area contributed by atoms with Gasteiger partial charge in [0.05, 0.1) is 12.6 Å². The zero-order valence-corrected chi connectivity index (χ0v) is 8.83. The van der Waals surface area contributed by atoms with Gasteiger partial charge < -0.3 is 35.3 Å². The average Bonchev–Trinajstić information content (AvgIpc) is 2.90. The molecule has 0 bridgehead atoms. The first-order chi connectivity index (χ1) is 8.07. The molecule has 1 saturated heterocycles. The van der Waals surface area contributed by atoms with Crippen LogP contribution in [0.5, 0.6) is 0 Å². The largest absolute Gasteiger partial charge is 0.431 e. The predicted molar refractivity (Wildman–Crippen MR) is 52.3 cm³/mol. The van der Waals surface area contributed by atoms with Crippen LogP contribution in [0.1, 0.15) is 0 Å². The minimum absolute atomic E-state index is 0.470. The molecular formula is C8H15N3O6. The van der Waals surface area contributed by atoms with Gasteiger partial charge in [-0.1, -0.05) is 0 Å². The van der Waals surface area contributed by atoms with E-state index in [1.54, 1.807) is 0 Å². The van der Waals surface area contributed by atoms with Crippen molar-refractivity contribution in [3.8, 4) is 0 Å². The second-order valence-corrected chi connectivity index (χ2v) is 3.38. The Hall–Kier alpha value is -1.10. The number of hydrogen-bond acceptors (Lipinski definition) is 9. The van der Waals surface area contributed by atoms with Gasteiger partial charge in [-0.15, -0.1) is 10.2 Å². The molecule has 0 aliphatic carbocycles. The van der Waals surface area contributed by atoms with Gasteiger partial charge in [0.2, 0.25) is 12.8 Å². The fraction of sp³-hybridized carbons (Fsp3) is 0.750. The first-order valence-electron chi connectivity index (χ1n) is 4.82. The number of aliphatic hydroxyl groups is 4. The van der Waals surface area contributed by atoms with Gasteiger partial charge in [0.25, 0.3) is 0 Å². The molecule has 1 aliphatic rings. The Morgan fingerprint density at radius 3 is 2.12 bits per heavy atom. The summed E-state index contributed by atoms with van der Waals surface area (Å²) >= 11 is 0. The van der Waals surface area contributed by atoms with Crippen LogP contribution in [-0.4, -0.2) is 67.9 Å². The molecule has 9 nitrogen and oxygen atoms in total. The van der Waals surface area contributed by atoms with E-state index >= 15 is 0 Å². The van der Waals surface area contributed by atoms with Gasteiger partial charge in [-0.2, -0.15) is 0 Å². The quantitative estimate of drug-likeness (QED) is 0.346. The molecule has 0 aromatic carbocycles. The standard InChI is InChI=1S/C6H13NO5.C2H2N2O/c7-3-5(10)4(9)2(1-8)12-6(3)11;1-3-4-2-5-1/h2-6,8-11H,1,7H2;1-2H/t2-,3-,4-,5-,6?;/m1./s1. The highest BCUT2D eigenvalue weighted by Gasteiger charge is 2.41. The molecule has 1 aliphatic heterocycles. The summed E-state index contributed by atoms with van der Waals surface area (Å²) in [6.07, 6.45) is -2.32. The molecule has 5 atom stereocenters. The van der Waals surface area contributed by atoms with Crippen LogP contribution in [0.2, 0.25) is 0 Å². The van der Waals surface area contributed by atoms with Crippen molar-refractivity contribution in [2.75, 3.05) is 6.61 Å². The lowest BCUT2D eigenvalue weighted by molar-refractivity contribution is -0.248. The van der Waals surface area contributed by atoms with Crippen molar-refractivity contribution in [1.29, 1.82) is 0 Å². The zero-order valence-electron chi connectivity index (χ0n) is 8.83. The van der Waals surface area contributed by atoms with Gasteiger partial charge in [-0.05, 0) is 0 Å². The summed E-state index contributed by atoms with van der Waals surface area (Å²) in [5, 5.41) is 42.7. The Balaban J connectivity index is 0.000000239. The van der Waals surface area contributed by atoms with E-state index in [-0.39, 0.29) is 0 Å². The maximum atomic E-state index is 9.20. The second kappa shape index (κ2) is 6.59. The number of hydrogen-bond donors (Lipinski definition) is 5. The summed E-state index contributed by atoms with van der Waals surface area (Å²) < 4.78 is 9.06. The van der Waals surface area contributed by atoms with Gasteiger partial charge in [0.1, 0.15) is 18.3 Å². The first kappa shape index (κ1) is 14.0. The Morgan fingerprint density at radius 2 is 1.71 bits per heavy atom. The molecule has 0 spiro atoms. The predicted octanol–water partition coefficient (Wildman–Crippen LogP) is -3.19. The van der Waals surface area contributed by atoms with E-state index in [2.05, 4.69) is 14.6 Å². The molecule has 0 radical (unpaired) electrons. The van der Waals surface area contributed by atoms with Gasteiger partial charge in [0.15, 0.2) is 6.29 Å². The van der Waals surface area contributed by atoms with Crippen LogP contribution < -0.4 is 5.73 Å². The summed E-state index contributed by atoms with van der Waals surface area (Å²) in [5.74, 6) is 0. The lowest BCUT2D eigenvalue weighted by atomic mass is 9.98. The van der Waals surface area contributed by atoms with E-state index in [0.29, 0.717) is 0 Å². The first-order valence-corrected chi connectivity index (χ1v) is 4.82. The minimum atomic E-state index is -1.35. The molecule has 9 heteroatoms. The third kappa shape index (κ3) is 3.70. The van der Waals surface area contributed by atoms with Crippen molar-refractivity contribution in [1.82, 2.24) is 10.2 Å². The summed E-state index contributed by atoms with van der Waals surface area (Å²) in [6.45, 7) is -0.470. The van der Waals surface area contributed by atoms with Crippen molar-refractivity contribution in [2.24, 2.45) is 5.73 Å². The van der Waals surface area contributed by atoms with Gasteiger partial charge in [-0.3, -0.25) is 0 Å². The van der Waals surface area contributed by atoms with Gasteiger partial charge in [0, 0.05) is 0 Å². The lowest BCUT2D eigenvalue weighted by Crippen LogP contribution is -2.61. The van der Waals surface area contributed by atoms with E-state index < -0.39 is 37.3 Å². The van der Waals surface area contributed by atoms with Crippen LogP contribution in [0.3, 0.4) is 0 Å². The third-order valence-electron chi connectivity index (χ3n) is 2.23. The zero-order chi connectivity index (χ0) is 12.8. The molecule has 17 heavy (non-hydrogen) atoms. The molecule has 1 aromatic heterocycles. The maximum Gasteiger partial charge on any atom is 0.203 e. The minimum Gasteiger partial charge on any atom is -0.431 e. The number of aromatic nitrogens is 2. The summed E-state index contributed by atoms with van der Waals surface area (Å²) in [7, 11) is 0. The monoisotopic (exact) mass is 249 g/mol. The highest BCUT2D eigenvalue weighted by atomic mass is 16.6. The van der Waals surface area contributed by atoms with Crippen molar-refractivity contribution in [3.05, 3.63) is 12.8 Å². The summed E-state index contributed by atoms with van der Waals surface area (Å²) in [6, 6.07) is -1.04. The summed E-state index contributed by atoms with van der Waals surface area (Å²) in [4.78, 5) is 0. The van der Waals surface area contributed by atoms with Crippen LogP contribution in [0, 0.1) is 0 Å². The average molecular weight is 249 g/mol. The molecule has 1 aromatic rings. The summed E-state index contributed by atoms with van der Waals surface area (Å²) in [5.41, 5.74) is 5.26. The van der Waals surface area contributed by atoms with Crippen molar-refractivity contribution >= 4 is 0 Å². The fourth-order valence-electron chi connectivity index (χ4n) is 1.25. The van der Waals surface area contributed by atoms with Gasteiger partial charge >= 0.3 is 0 Å². The third-order valence-corrected chi connectivity index (χ3v) is 2.23. The molecule has 1 unspecified atom stereocenters. The van der Waals surface area contributed by atoms with Crippen LogP contribution in [-0.2, 0) is 4.74 Å². The topological polar surface area (TPSA) is 155 Å². The number of aliphatic hydroxyl groups excluding tert-OH is 4. The van der Waals surface area contributed by atoms with E-state index in [4.69, 9.17) is 20.7 Å². The van der Waals surface area contributed by atoms with Crippen LogP contribution in [0.15, 0.2) is 17.2 Å². The normalized spacial score (nSPS) is 37.1. The van der Waals surface area contributed by atoms with Crippen LogP contribution >= 0.6 is 0 Å². The molecule has 0 saturated carbocycles. The van der Waals surface area contributed by atoms with Gasteiger partial charge in [-0.25, -0.2) is 0 Å². The highest BCUT2D eigenvalue weighted by Crippen LogP contribution is 2.17. The fourth-order valence-corrected chi connectivity index (χ4v) is 1.25. The van der Waals surface area contributed by atoms with E-state index in [9.17, 15) is 10.2 Å². The molecular weight excluding hydrogens is 234 g/mol. The second-order valence-electron chi connectivity index (χ2n) is 3.38. The van der Waals surface area contributed by atoms with E-state index in [1.165, 1.54) is 12.8 Å². The Labute approximate surface area is 96.5 Å². The highest BCUT2D eigenvalue weighted by molar-refractivity contribution is 4.90. The van der Waals surface area contributed by atoms with Crippen LogP contribution in [0.25, 0.3) is 0 Å². The maximum absolute atomic E-state index is 9.20. The van der Waals surface area contributed by atoms with Crippen molar-refractivity contribution in [2.45, 2.75) is 30.6 Å². The van der Waals surface area contributed by atoms with Crippen LogP contribution in [0.4, 0.5) is 0 Å². The Morgan fingerprint density at radius 1 is 1.12 bits per heavy atom. The molecule has 2 heterocycles. The van der Waals surface area contributed by atoms with E-state index in [1.807, 2.05) is 0 Å². The van der Waals surface area contributed by atoms with Crippen molar-refractivity contribution < 1.29 is 29.6 Å². The molecule has 1 fully saturated rings. The smallest absolute Gasteiger partial charge is 0.203 e.